The van der Waals surface area contributed by atoms with Gasteiger partial charge in [-0.05, 0) is 146 Å². The van der Waals surface area contributed by atoms with Crippen molar-refractivity contribution < 1.29 is 8.98 Å². The Morgan fingerprint density at radius 3 is 1.55 bits per heavy atom. The van der Waals surface area contributed by atoms with Crippen LogP contribution in [0.3, 0.4) is 0 Å². The van der Waals surface area contributed by atoms with Gasteiger partial charge in [-0.15, -0.1) is 0 Å². The van der Waals surface area contributed by atoms with Crippen LogP contribution in [0.4, 0.5) is 0 Å². The number of rotatable bonds is 14. The van der Waals surface area contributed by atoms with Crippen LogP contribution in [-0.2, 0) is 28.2 Å². The molecule has 4 bridgehead atoms. The van der Waals surface area contributed by atoms with Crippen molar-refractivity contribution in [3.05, 3.63) is 89.5 Å². The highest BCUT2D eigenvalue weighted by Gasteiger charge is 2.57. The smallest absolute Gasteiger partial charge is 0.323 e. The molecule has 0 N–H and O–H groups in total. The minimum absolute atomic E-state index is 0.0947. The molecule has 3 aromatic carbocycles. The normalized spacial score (nSPS) is 24.4. The van der Waals surface area contributed by atoms with E-state index < -0.39 is 10.3 Å². The second-order valence-electron chi connectivity index (χ2n) is 14.3. The molecule has 3 aromatic rings. The van der Waals surface area contributed by atoms with Gasteiger partial charge in [0.15, 0.2) is 0 Å². The predicted octanol–water partition coefficient (Wildman–Crippen LogP) is 11.7. The van der Waals surface area contributed by atoms with Crippen molar-refractivity contribution in [2.24, 2.45) is 23.2 Å². The first-order valence-electron chi connectivity index (χ1n) is 17.8. The van der Waals surface area contributed by atoms with Gasteiger partial charge in [-0.2, -0.15) is 0 Å². The van der Waals surface area contributed by atoms with E-state index in [1.54, 1.807) is 0 Å². The van der Waals surface area contributed by atoms with Gasteiger partial charge in [-0.1, -0.05) is 88.6 Å². The number of carbonyl (C=O) groups excluding carboxylic acids is 1. The molecule has 0 aliphatic heterocycles. The molecule has 0 unspecified atom stereocenters. The minimum Gasteiger partial charge on any atom is -0.401 e. The third-order valence-electron chi connectivity index (χ3n) is 10.8. The van der Waals surface area contributed by atoms with Gasteiger partial charge in [0.1, 0.15) is 0 Å². The SMILES string of the molecule is CCCCc1cc(CCCC)c(S(OC(=O)C23CC4CC(CC(C4)C2)C3)(c2ccccc2)c2ccccc2)c(CCCC)c1. The zero-order valence-corrected chi connectivity index (χ0v) is 28.3. The summed E-state index contributed by atoms with van der Waals surface area (Å²) < 4.78 is 7.49. The van der Waals surface area contributed by atoms with Crippen LogP contribution < -0.4 is 0 Å². The first-order chi connectivity index (χ1) is 21.5. The first-order valence-corrected chi connectivity index (χ1v) is 19.4. The Hall–Kier alpha value is -2.52. The molecular weight excluding hydrogens is 557 g/mol. The molecule has 236 valence electrons. The van der Waals surface area contributed by atoms with E-state index in [2.05, 4.69) is 93.6 Å². The van der Waals surface area contributed by atoms with E-state index in [0.29, 0.717) is 17.8 Å². The molecule has 44 heavy (non-hydrogen) atoms. The Kier molecular flexibility index (Phi) is 9.91. The van der Waals surface area contributed by atoms with E-state index >= 15 is 4.79 Å². The lowest BCUT2D eigenvalue weighted by molar-refractivity contribution is -0.160. The van der Waals surface area contributed by atoms with Crippen LogP contribution in [-0.4, -0.2) is 5.97 Å². The Bertz CT molecular complexity index is 1290. The Balaban J connectivity index is 1.59. The van der Waals surface area contributed by atoms with Gasteiger partial charge in [0.2, 0.25) is 0 Å². The standard InChI is InChI=1S/C41H54O2S/c1-4-7-16-31-26-35(17-8-5-2)39(36(27-31)18-9-6-3)44(37-19-12-10-13-20-37,38-21-14-11-15-22-38)43-40(42)41-28-32-23-33(29-41)25-34(24-32)30-41/h10-15,19-22,26-27,32-34H,4-9,16-18,23-25,28-30H2,1-3H3. The quantitative estimate of drug-likeness (QED) is 0.181. The van der Waals surface area contributed by atoms with Crippen molar-refractivity contribution in [1.82, 2.24) is 0 Å². The number of benzene rings is 3. The summed E-state index contributed by atoms with van der Waals surface area (Å²) in [6, 6.07) is 26.8. The highest BCUT2D eigenvalue weighted by Crippen LogP contribution is 2.73. The van der Waals surface area contributed by atoms with Gasteiger partial charge < -0.3 is 4.18 Å². The molecule has 0 saturated heterocycles. The maximum Gasteiger partial charge on any atom is 0.323 e. The monoisotopic (exact) mass is 610 g/mol. The largest absolute Gasteiger partial charge is 0.401 e. The van der Waals surface area contributed by atoms with Crippen LogP contribution in [0.25, 0.3) is 0 Å². The van der Waals surface area contributed by atoms with Crippen molar-refractivity contribution in [3.63, 3.8) is 0 Å². The number of carbonyl (C=O) groups is 1. The molecule has 0 amide bonds. The van der Waals surface area contributed by atoms with E-state index in [0.717, 1.165) is 74.0 Å². The summed E-state index contributed by atoms with van der Waals surface area (Å²) in [5.74, 6) is 2.19. The van der Waals surface area contributed by atoms with Crippen molar-refractivity contribution in [1.29, 1.82) is 0 Å². The summed E-state index contributed by atoms with van der Waals surface area (Å²) in [4.78, 5) is 18.7. The summed E-state index contributed by atoms with van der Waals surface area (Å²) in [5, 5.41) is 0. The molecule has 0 heterocycles. The fourth-order valence-electron chi connectivity index (χ4n) is 9.12. The number of hydrogen-bond donors (Lipinski definition) is 0. The van der Waals surface area contributed by atoms with Crippen LogP contribution in [0.5, 0.6) is 0 Å². The fraction of sp³-hybridized carbons (Fsp3) is 0.537. The maximum absolute atomic E-state index is 15.1. The molecule has 4 saturated carbocycles. The average Bonchev–Trinajstić information content (AvgIpc) is 3.04. The van der Waals surface area contributed by atoms with Crippen molar-refractivity contribution in [2.45, 2.75) is 132 Å². The summed E-state index contributed by atoms with van der Waals surface area (Å²) >= 11 is 0. The molecule has 0 spiro atoms. The first kappa shape index (κ1) is 31.5. The Labute approximate surface area is 268 Å². The molecule has 4 aliphatic rings. The second kappa shape index (κ2) is 13.9. The van der Waals surface area contributed by atoms with E-state index in [1.165, 1.54) is 53.7 Å². The number of aryl methyl sites for hydroxylation is 3. The highest BCUT2D eigenvalue weighted by molar-refractivity contribution is 8.30. The highest BCUT2D eigenvalue weighted by atomic mass is 32.3. The van der Waals surface area contributed by atoms with E-state index in [9.17, 15) is 0 Å². The second-order valence-corrected chi connectivity index (χ2v) is 16.9. The lowest BCUT2D eigenvalue weighted by Crippen LogP contribution is -2.50. The van der Waals surface area contributed by atoms with E-state index in [1.807, 2.05) is 0 Å². The fourth-order valence-corrected chi connectivity index (χ4v) is 12.7. The zero-order chi connectivity index (χ0) is 30.6. The van der Waals surface area contributed by atoms with Gasteiger partial charge in [0.05, 0.1) is 5.41 Å². The molecule has 4 aliphatic carbocycles. The van der Waals surface area contributed by atoms with Crippen molar-refractivity contribution in [2.75, 3.05) is 0 Å². The molecular formula is C41H54O2S. The molecule has 4 fully saturated rings. The maximum atomic E-state index is 15.1. The summed E-state index contributed by atoms with van der Waals surface area (Å²) in [6.07, 6.45) is 17.2. The van der Waals surface area contributed by atoms with Crippen molar-refractivity contribution in [3.8, 4) is 0 Å². The third kappa shape index (κ3) is 6.15. The van der Waals surface area contributed by atoms with Gasteiger partial charge in [0, 0.05) is 14.7 Å². The van der Waals surface area contributed by atoms with Crippen LogP contribution in [0.1, 0.15) is 115 Å². The van der Waals surface area contributed by atoms with Gasteiger partial charge >= 0.3 is 5.97 Å². The molecule has 3 heteroatoms. The Morgan fingerprint density at radius 2 is 1.11 bits per heavy atom. The Morgan fingerprint density at radius 1 is 0.682 bits per heavy atom. The molecule has 0 aromatic heterocycles. The van der Waals surface area contributed by atoms with Crippen LogP contribution in [0.15, 0.2) is 87.5 Å². The summed E-state index contributed by atoms with van der Waals surface area (Å²) in [5.41, 5.74) is 3.96. The third-order valence-corrected chi connectivity index (χ3v) is 14.2. The topological polar surface area (TPSA) is 26.3 Å². The molecule has 0 radical (unpaired) electrons. The minimum atomic E-state index is -2.33. The van der Waals surface area contributed by atoms with Gasteiger partial charge in [0.25, 0.3) is 0 Å². The lowest BCUT2D eigenvalue weighted by atomic mass is 9.49. The number of unbranched alkanes of at least 4 members (excludes halogenated alkanes) is 3. The predicted molar refractivity (Wildman–Crippen MR) is 184 cm³/mol. The van der Waals surface area contributed by atoms with Crippen LogP contribution >= 0.6 is 10.3 Å². The van der Waals surface area contributed by atoms with Crippen LogP contribution in [0, 0.1) is 23.2 Å². The lowest BCUT2D eigenvalue weighted by Gasteiger charge is -2.56. The average molecular weight is 611 g/mol. The van der Waals surface area contributed by atoms with Crippen LogP contribution in [0.2, 0.25) is 0 Å². The van der Waals surface area contributed by atoms with E-state index in [4.69, 9.17) is 4.18 Å². The molecule has 0 atom stereocenters. The summed E-state index contributed by atoms with van der Waals surface area (Å²) in [7, 11) is -2.33. The van der Waals surface area contributed by atoms with Gasteiger partial charge in [-0.25, -0.2) is 0 Å². The van der Waals surface area contributed by atoms with Gasteiger partial charge in [-0.3, -0.25) is 4.79 Å². The molecule has 7 rings (SSSR count). The van der Waals surface area contributed by atoms with Crippen molar-refractivity contribution >= 4 is 16.3 Å². The summed E-state index contributed by atoms with van der Waals surface area (Å²) in [6.45, 7) is 6.87. The molecule has 2 nitrogen and oxygen atoms in total. The zero-order valence-electron chi connectivity index (χ0n) is 27.5. The van der Waals surface area contributed by atoms with E-state index in [-0.39, 0.29) is 11.4 Å². The number of hydrogen-bond acceptors (Lipinski definition) is 2.